The Morgan fingerprint density at radius 2 is 2.18 bits per heavy atom. The molecule has 1 aliphatic carbocycles. The summed E-state index contributed by atoms with van der Waals surface area (Å²) in [5, 5.41) is 0.726. The monoisotopic (exact) mass is 253 g/mol. The highest BCUT2D eigenvalue weighted by molar-refractivity contribution is 6.33. The minimum Gasteiger partial charge on any atom is -0.353 e. The second-order valence-corrected chi connectivity index (χ2v) is 4.91. The lowest BCUT2D eigenvalue weighted by Crippen LogP contribution is -2.34. The highest BCUT2D eigenvalue weighted by Gasteiger charge is 2.24. The number of anilines is 1. The molecule has 1 aliphatic rings. The summed E-state index contributed by atoms with van der Waals surface area (Å²) in [6.07, 6.45) is 6.93. The van der Waals surface area contributed by atoms with E-state index in [0.717, 1.165) is 22.9 Å². The first kappa shape index (κ1) is 12.7. The summed E-state index contributed by atoms with van der Waals surface area (Å²) in [5.74, 6) is 0.906. The number of hydrogen-bond donors (Lipinski definition) is 1. The third kappa shape index (κ3) is 2.55. The third-order valence-corrected chi connectivity index (χ3v) is 3.96. The molecule has 1 aromatic rings. The first-order valence-corrected chi connectivity index (χ1v) is 6.75. The van der Waals surface area contributed by atoms with E-state index < -0.39 is 0 Å². The second-order valence-electron chi connectivity index (χ2n) is 4.54. The van der Waals surface area contributed by atoms with E-state index in [-0.39, 0.29) is 0 Å². The SMILES string of the molecule is CCN(c1nccc(CN)c1Cl)C1CCCC1. The summed E-state index contributed by atoms with van der Waals surface area (Å²) in [6.45, 7) is 3.58. The molecular weight excluding hydrogens is 234 g/mol. The van der Waals surface area contributed by atoms with E-state index in [1.54, 1.807) is 6.20 Å². The van der Waals surface area contributed by atoms with Crippen LogP contribution >= 0.6 is 11.6 Å². The topological polar surface area (TPSA) is 42.2 Å². The number of nitrogens with zero attached hydrogens (tertiary/aromatic N) is 2. The van der Waals surface area contributed by atoms with Gasteiger partial charge in [0.2, 0.25) is 0 Å². The molecule has 3 nitrogen and oxygen atoms in total. The van der Waals surface area contributed by atoms with Crippen LogP contribution in [0.5, 0.6) is 0 Å². The summed E-state index contributed by atoms with van der Waals surface area (Å²) >= 11 is 6.38. The van der Waals surface area contributed by atoms with E-state index in [1.165, 1.54) is 25.7 Å². The van der Waals surface area contributed by atoms with E-state index in [1.807, 2.05) is 6.07 Å². The minimum absolute atomic E-state index is 0.469. The molecule has 4 heteroatoms. The van der Waals surface area contributed by atoms with Gasteiger partial charge in [-0.05, 0) is 31.4 Å². The number of pyridine rings is 1. The molecule has 1 saturated carbocycles. The van der Waals surface area contributed by atoms with Gasteiger partial charge in [0.05, 0.1) is 5.02 Å². The maximum atomic E-state index is 6.38. The molecule has 0 saturated heterocycles. The zero-order chi connectivity index (χ0) is 12.3. The van der Waals surface area contributed by atoms with Gasteiger partial charge in [-0.1, -0.05) is 24.4 Å². The Kier molecular flexibility index (Phi) is 4.24. The summed E-state index contributed by atoms with van der Waals surface area (Å²) in [5.41, 5.74) is 6.66. The Bertz CT molecular complexity index is 375. The van der Waals surface area contributed by atoms with Crippen molar-refractivity contribution in [1.29, 1.82) is 0 Å². The van der Waals surface area contributed by atoms with E-state index in [0.29, 0.717) is 12.6 Å². The molecule has 1 aromatic heterocycles. The fraction of sp³-hybridized carbons (Fsp3) is 0.615. The van der Waals surface area contributed by atoms with Crippen molar-refractivity contribution >= 4 is 17.4 Å². The normalized spacial score (nSPS) is 16.4. The summed E-state index contributed by atoms with van der Waals surface area (Å²) in [6, 6.07) is 2.49. The van der Waals surface area contributed by atoms with Crippen LogP contribution in [0.1, 0.15) is 38.2 Å². The molecule has 0 atom stereocenters. The smallest absolute Gasteiger partial charge is 0.147 e. The maximum absolute atomic E-state index is 6.38. The van der Waals surface area contributed by atoms with Crippen molar-refractivity contribution in [3.8, 4) is 0 Å². The first-order valence-electron chi connectivity index (χ1n) is 6.38. The summed E-state index contributed by atoms with van der Waals surface area (Å²) in [4.78, 5) is 6.77. The lowest BCUT2D eigenvalue weighted by molar-refractivity contribution is 0.613. The van der Waals surface area contributed by atoms with Crippen molar-refractivity contribution in [2.24, 2.45) is 5.73 Å². The highest BCUT2D eigenvalue weighted by atomic mass is 35.5. The number of hydrogen-bond acceptors (Lipinski definition) is 3. The van der Waals surface area contributed by atoms with Crippen LogP contribution in [0.2, 0.25) is 5.02 Å². The highest BCUT2D eigenvalue weighted by Crippen LogP contribution is 2.32. The molecule has 0 aliphatic heterocycles. The number of nitrogens with two attached hydrogens (primary N) is 1. The van der Waals surface area contributed by atoms with Crippen LogP contribution in [0.15, 0.2) is 12.3 Å². The Morgan fingerprint density at radius 1 is 1.47 bits per heavy atom. The van der Waals surface area contributed by atoms with Gasteiger partial charge >= 0.3 is 0 Å². The van der Waals surface area contributed by atoms with Crippen molar-refractivity contribution in [3.05, 3.63) is 22.8 Å². The van der Waals surface area contributed by atoms with E-state index in [2.05, 4.69) is 16.8 Å². The van der Waals surface area contributed by atoms with Crippen molar-refractivity contribution in [2.75, 3.05) is 11.4 Å². The Hall–Kier alpha value is -0.800. The lowest BCUT2D eigenvalue weighted by atomic mass is 10.2. The molecule has 2 rings (SSSR count). The van der Waals surface area contributed by atoms with Gasteiger partial charge in [0.15, 0.2) is 0 Å². The van der Waals surface area contributed by atoms with E-state index in [4.69, 9.17) is 17.3 Å². The number of rotatable bonds is 4. The van der Waals surface area contributed by atoms with Gasteiger partial charge < -0.3 is 10.6 Å². The van der Waals surface area contributed by atoms with Gasteiger partial charge in [0, 0.05) is 25.3 Å². The minimum atomic E-state index is 0.469. The third-order valence-electron chi connectivity index (χ3n) is 3.55. The second kappa shape index (κ2) is 5.69. The van der Waals surface area contributed by atoms with Gasteiger partial charge in [-0.3, -0.25) is 0 Å². The van der Waals surface area contributed by atoms with Gasteiger partial charge in [-0.25, -0.2) is 4.98 Å². The largest absolute Gasteiger partial charge is 0.353 e. The Labute approximate surface area is 108 Å². The predicted molar refractivity (Wildman–Crippen MR) is 72.4 cm³/mol. The van der Waals surface area contributed by atoms with Crippen LogP contribution in [0.25, 0.3) is 0 Å². The van der Waals surface area contributed by atoms with Crippen LogP contribution in [0.4, 0.5) is 5.82 Å². The molecular formula is C13H20ClN3. The van der Waals surface area contributed by atoms with Gasteiger partial charge in [-0.15, -0.1) is 0 Å². The van der Waals surface area contributed by atoms with E-state index in [9.17, 15) is 0 Å². The zero-order valence-electron chi connectivity index (χ0n) is 10.3. The van der Waals surface area contributed by atoms with Crippen LogP contribution in [-0.4, -0.2) is 17.6 Å². The first-order chi connectivity index (χ1) is 8.27. The van der Waals surface area contributed by atoms with Gasteiger partial charge in [0.1, 0.15) is 5.82 Å². The molecule has 94 valence electrons. The molecule has 0 amide bonds. The quantitative estimate of drug-likeness (QED) is 0.897. The molecule has 1 fully saturated rings. The molecule has 0 radical (unpaired) electrons. The number of aromatic nitrogens is 1. The van der Waals surface area contributed by atoms with Crippen molar-refractivity contribution in [1.82, 2.24) is 4.98 Å². The van der Waals surface area contributed by atoms with Crippen molar-refractivity contribution in [3.63, 3.8) is 0 Å². The van der Waals surface area contributed by atoms with Crippen LogP contribution in [0.3, 0.4) is 0 Å². The Balaban J connectivity index is 2.29. The molecule has 0 aromatic carbocycles. The molecule has 0 unspecified atom stereocenters. The van der Waals surface area contributed by atoms with E-state index >= 15 is 0 Å². The Morgan fingerprint density at radius 3 is 2.76 bits per heavy atom. The number of halogens is 1. The standard InChI is InChI=1S/C13H20ClN3/c1-2-17(11-5-3-4-6-11)13-12(14)10(9-15)7-8-16-13/h7-8,11H,2-6,9,15H2,1H3. The summed E-state index contributed by atoms with van der Waals surface area (Å²) in [7, 11) is 0. The molecule has 1 heterocycles. The van der Waals surface area contributed by atoms with Gasteiger partial charge in [-0.2, -0.15) is 0 Å². The maximum Gasteiger partial charge on any atom is 0.147 e. The molecule has 17 heavy (non-hydrogen) atoms. The molecule has 2 N–H and O–H groups in total. The van der Waals surface area contributed by atoms with Crippen LogP contribution in [0, 0.1) is 0 Å². The fourth-order valence-electron chi connectivity index (χ4n) is 2.63. The summed E-state index contributed by atoms with van der Waals surface area (Å²) < 4.78 is 0. The zero-order valence-corrected chi connectivity index (χ0v) is 11.1. The lowest BCUT2D eigenvalue weighted by Gasteiger charge is -2.29. The molecule has 0 spiro atoms. The molecule has 0 bridgehead atoms. The van der Waals surface area contributed by atoms with Crippen molar-refractivity contribution in [2.45, 2.75) is 45.2 Å². The average molecular weight is 254 g/mol. The van der Waals surface area contributed by atoms with Crippen LogP contribution in [-0.2, 0) is 6.54 Å². The van der Waals surface area contributed by atoms with Crippen molar-refractivity contribution < 1.29 is 0 Å². The predicted octanol–water partition coefficient (Wildman–Crippen LogP) is 2.96. The fourth-order valence-corrected chi connectivity index (χ4v) is 2.92. The average Bonchev–Trinajstić information content (AvgIpc) is 2.86. The van der Waals surface area contributed by atoms with Gasteiger partial charge in [0.25, 0.3) is 0 Å². The van der Waals surface area contributed by atoms with Crippen LogP contribution < -0.4 is 10.6 Å².